The summed E-state index contributed by atoms with van der Waals surface area (Å²) in [6.45, 7) is 4.73. The zero-order chi connectivity index (χ0) is 18.6. The molecular weight excluding hydrogens is 360 g/mol. The maximum Gasteiger partial charge on any atom is 0.341 e. The molecule has 7 heteroatoms. The van der Waals surface area contributed by atoms with Gasteiger partial charge in [-0.05, 0) is 31.5 Å². The second kappa shape index (κ2) is 8.47. The van der Waals surface area contributed by atoms with Gasteiger partial charge in [0.1, 0.15) is 11.5 Å². The molecule has 0 aliphatic rings. The minimum Gasteiger partial charge on any atom is -0.465 e. The first kappa shape index (κ1) is 19.4. The van der Waals surface area contributed by atoms with Gasteiger partial charge in [0.15, 0.2) is 6.54 Å². The maximum atomic E-state index is 12.4. The van der Waals surface area contributed by atoms with Crippen LogP contribution in [0.2, 0.25) is 5.02 Å². The summed E-state index contributed by atoms with van der Waals surface area (Å²) in [6, 6.07) is 7.59. The standard InChI is InChI=1S/C18H21ClN2O3S/c1-11-12(2)25-17(16(11)18(23)24-4)20-15(22)10-21(3)9-13-6-5-7-14(19)8-13/h5-8H,9-10H2,1-4H3,(H,20,22)/p+1. The van der Waals surface area contributed by atoms with E-state index >= 15 is 0 Å². The van der Waals surface area contributed by atoms with Crippen LogP contribution < -0.4 is 10.2 Å². The molecule has 1 amide bonds. The van der Waals surface area contributed by atoms with E-state index in [1.54, 1.807) is 0 Å². The zero-order valence-electron chi connectivity index (χ0n) is 14.7. The van der Waals surface area contributed by atoms with Crippen molar-refractivity contribution in [2.45, 2.75) is 20.4 Å². The van der Waals surface area contributed by atoms with Gasteiger partial charge in [0.25, 0.3) is 5.91 Å². The van der Waals surface area contributed by atoms with Crippen LogP contribution in [0.4, 0.5) is 5.00 Å². The van der Waals surface area contributed by atoms with E-state index in [0.29, 0.717) is 22.1 Å². The Morgan fingerprint density at radius 1 is 1.32 bits per heavy atom. The number of methoxy groups -OCH3 is 1. The molecule has 0 spiro atoms. The second-order valence-corrected chi connectivity index (χ2v) is 7.63. The van der Waals surface area contributed by atoms with Gasteiger partial charge in [-0.15, -0.1) is 11.3 Å². The molecule has 2 aromatic rings. The molecule has 0 aliphatic carbocycles. The number of halogens is 1. The minimum absolute atomic E-state index is 0.147. The number of anilines is 1. The van der Waals surface area contributed by atoms with Gasteiger partial charge < -0.3 is 15.0 Å². The van der Waals surface area contributed by atoms with Gasteiger partial charge >= 0.3 is 5.97 Å². The molecule has 0 fully saturated rings. The molecule has 134 valence electrons. The van der Waals surface area contributed by atoms with Crippen molar-refractivity contribution < 1.29 is 19.2 Å². The molecule has 1 aromatic carbocycles. The lowest BCUT2D eigenvalue weighted by molar-refractivity contribution is -0.885. The van der Waals surface area contributed by atoms with Gasteiger partial charge in [-0.2, -0.15) is 0 Å². The summed E-state index contributed by atoms with van der Waals surface area (Å²) >= 11 is 7.37. The van der Waals surface area contributed by atoms with Crippen LogP contribution in [-0.2, 0) is 16.1 Å². The lowest BCUT2D eigenvalue weighted by Crippen LogP contribution is -3.08. The Labute approximate surface area is 156 Å². The topological polar surface area (TPSA) is 59.8 Å². The summed E-state index contributed by atoms with van der Waals surface area (Å²) in [6.07, 6.45) is 0. The van der Waals surface area contributed by atoms with Crippen LogP contribution >= 0.6 is 22.9 Å². The van der Waals surface area contributed by atoms with Gasteiger partial charge in [-0.1, -0.05) is 23.7 Å². The van der Waals surface area contributed by atoms with Crippen molar-refractivity contribution in [1.82, 2.24) is 0 Å². The lowest BCUT2D eigenvalue weighted by atomic mass is 10.1. The highest BCUT2D eigenvalue weighted by atomic mass is 35.5. The minimum atomic E-state index is -0.434. The van der Waals surface area contributed by atoms with E-state index < -0.39 is 5.97 Å². The molecule has 1 unspecified atom stereocenters. The summed E-state index contributed by atoms with van der Waals surface area (Å²) in [5, 5.41) is 4.07. The summed E-state index contributed by atoms with van der Waals surface area (Å²) in [7, 11) is 3.27. The van der Waals surface area contributed by atoms with Crippen LogP contribution in [0, 0.1) is 13.8 Å². The number of hydrogen-bond acceptors (Lipinski definition) is 4. The molecule has 0 saturated heterocycles. The summed E-state index contributed by atoms with van der Waals surface area (Å²) in [4.78, 5) is 26.3. The largest absolute Gasteiger partial charge is 0.465 e. The highest BCUT2D eigenvalue weighted by Crippen LogP contribution is 2.32. The second-order valence-electron chi connectivity index (χ2n) is 5.97. The van der Waals surface area contributed by atoms with Gasteiger partial charge in [-0.25, -0.2) is 4.79 Å². The number of nitrogens with one attached hydrogen (secondary N) is 2. The van der Waals surface area contributed by atoms with E-state index in [2.05, 4.69) is 5.32 Å². The number of quaternary nitrogens is 1. The van der Waals surface area contributed by atoms with Gasteiger partial charge in [0, 0.05) is 15.5 Å². The third kappa shape index (κ3) is 5.04. The van der Waals surface area contributed by atoms with E-state index in [9.17, 15) is 9.59 Å². The van der Waals surface area contributed by atoms with Crippen molar-refractivity contribution in [3.8, 4) is 0 Å². The molecule has 1 heterocycles. The van der Waals surface area contributed by atoms with Crippen LogP contribution in [0.5, 0.6) is 0 Å². The fourth-order valence-corrected chi connectivity index (χ4v) is 3.84. The summed E-state index contributed by atoms with van der Waals surface area (Å²) < 4.78 is 4.82. The molecule has 2 rings (SSSR count). The van der Waals surface area contributed by atoms with Gasteiger partial charge in [0.05, 0.1) is 19.7 Å². The molecule has 25 heavy (non-hydrogen) atoms. The fraction of sp³-hybridized carbons (Fsp3) is 0.333. The first-order chi connectivity index (χ1) is 11.8. The first-order valence-corrected chi connectivity index (χ1v) is 9.05. The Bertz CT molecular complexity index is 789. The van der Waals surface area contributed by atoms with Crippen LogP contribution in [0.15, 0.2) is 24.3 Å². The maximum absolute atomic E-state index is 12.4. The Hall–Kier alpha value is -1.89. The SMILES string of the molecule is COC(=O)c1c(NC(=O)C[NH+](C)Cc2cccc(Cl)c2)sc(C)c1C. The van der Waals surface area contributed by atoms with Crippen molar-refractivity contribution in [1.29, 1.82) is 0 Å². The fourth-order valence-electron chi connectivity index (χ4n) is 2.57. The van der Waals surface area contributed by atoms with E-state index in [-0.39, 0.29) is 12.5 Å². The quantitative estimate of drug-likeness (QED) is 0.756. The van der Waals surface area contributed by atoms with Crippen molar-refractivity contribution in [3.05, 3.63) is 50.9 Å². The Morgan fingerprint density at radius 3 is 2.68 bits per heavy atom. The van der Waals surface area contributed by atoms with E-state index in [1.807, 2.05) is 45.2 Å². The number of ether oxygens (including phenoxy) is 1. The van der Waals surface area contributed by atoms with Crippen molar-refractivity contribution in [2.75, 3.05) is 26.0 Å². The number of rotatable bonds is 6. The number of hydrogen-bond donors (Lipinski definition) is 2. The zero-order valence-corrected chi connectivity index (χ0v) is 16.3. The van der Waals surface area contributed by atoms with Gasteiger partial charge in [0.2, 0.25) is 0 Å². The van der Waals surface area contributed by atoms with Gasteiger partial charge in [-0.3, -0.25) is 4.79 Å². The average molecular weight is 382 g/mol. The van der Waals surface area contributed by atoms with Crippen LogP contribution in [0.3, 0.4) is 0 Å². The highest BCUT2D eigenvalue weighted by Gasteiger charge is 2.22. The lowest BCUT2D eigenvalue weighted by Gasteiger charge is -2.14. The molecule has 2 N–H and O–H groups in total. The molecule has 0 bridgehead atoms. The Morgan fingerprint density at radius 2 is 2.04 bits per heavy atom. The monoisotopic (exact) mass is 381 g/mol. The molecule has 0 radical (unpaired) electrons. The number of likely N-dealkylation sites (N-methyl/N-ethyl adjacent to an activating group) is 1. The van der Waals surface area contributed by atoms with E-state index in [1.165, 1.54) is 18.4 Å². The van der Waals surface area contributed by atoms with Crippen LogP contribution in [0.1, 0.15) is 26.4 Å². The van der Waals surface area contributed by atoms with Crippen LogP contribution in [0.25, 0.3) is 0 Å². The number of benzene rings is 1. The molecule has 5 nitrogen and oxygen atoms in total. The molecule has 0 saturated carbocycles. The Kier molecular flexibility index (Phi) is 6.58. The van der Waals surface area contributed by atoms with E-state index in [0.717, 1.165) is 20.9 Å². The average Bonchev–Trinajstić information content (AvgIpc) is 2.80. The number of carbonyl (C=O) groups excluding carboxylic acids is 2. The molecule has 0 aliphatic heterocycles. The highest BCUT2D eigenvalue weighted by molar-refractivity contribution is 7.16. The Balaban J connectivity index is 2.03. The van der Waals surface area contributed by atoms with E-state index in [4.69, 9.17) is 16.3 Å². The molecule has 1 atom stereocenters. The number of esters is 1. The number of aryl methyl sites for hydroxylation is 1. The number of amides is 1. The van der Waals surface area contributed by atoms with Crippen molar-refractivity contribution >= 4 is 39.8 Å². The molecular formula is C18H22ClN2O3S+. The van der Waals surface area contributed by atoms with Crippen LogP contribution in [-0.4, -0.2) is 32.6 Å². The third-order valence-electron chi connectivity index (χ3n) is 3.89. The third-order valence-corrected chi connectivity index (χ3v) is 5.24. The number of thiophene rings is 1. The summed E-state index contributed by atoms with van der Waals surface area (Å²) in [5.74, 6) is -0.581. The van der Waals surface area contributed by atoms with Crippen molar-refractivity contribution in [2.24, 2.45) is 0 Å². The number of carbonyl (C=O) groups is 2. The summed E-state index contributed by atoms with van der Waals surface area (Å²) in [5.41, 5.74) is 2.34. The smallest absolute Gasteiger partial charge is 0.341 e. The predicted octanol–water partition coefficient (Wildman–Crippen LogP) is 2.46. The normalized spacial score (nSPS) is 11.9. The predicted molar refractivity (Wildman–Crippen MR) is 101 cm³/mol. The first-order valence-electron chi connectivity index (χ1n) is 7.85. The van der Waals surface area contributed by atoms with Crippen molar-refractivity contribution in [3.63, 3.8) is 0 Å². The molecule has 1 aromatic heterocycles.